The van der Waals surface area contributed by atoms with Crippen LogP contribution in [-0.2, 0) is 17.8 Å². The second-order valence-corrected chi connectivity index (χ2v) is 8.18. The van der Waals surface area contributed by atoms with E-state index in [1.54, 1.807) is 0 Å². The quantitative estimate of drug-likeness (QED) is 0.791. The minimum Gasteiger partial charge on any atom is -0.335 e. The summed E-state index contributed by atoms with van der Waals surface area (Å²) in [5, 5.41) is 0. The van der Waals surface area contributed by atoms with Gasteiger partial charge in [-0.2, -0.15) is 0 Å². The average Bonchev–Trinajstić information content (AvgIpc) is 2.53. The maximum atomic E-state index is 12.8. The molecular formula is C20H30N3O+. The van der Waals surface area contributed by atoms with Crippen LogP contribution in [0.4, 0.5) is 0 Å². The zero-order valence-electron chi connectivity index (χ0n) is 14.9. The maximum absolute atomic E-state index is 12.8. The van der Waals surface area contributed by atoms with Crippen LogP contribution in [0.1, 0.15) is 30.4 Å². The summed E-state index contributed by atoms with van der Waals surface area (Å²) in [6, 6.07) is 9.52. The molecule has 1 atom stereocenters. The minimum atomic E-state index is 0.352. The van der Waals surface area contributed by atoms with Gasteiger partial charge in [-0.25, -0.2) is 0 Å². The smallest absolute Gasteiger partial charge is 0.277 e. The van der Waals surface area contributed by atoms with E-state index < -0.39 is 0 Å². The Morgan fingerprint density at radius 3 is 2.50 bits per heavy atom. The van der Waals surface area contributed by atoms with Crippen molar-refractivity contribution in [2.75, 3.05) is 46.3 Å². The van der Waals surface area contributed by atoms with Crippen molar-refractivity contribution in [3.05, 3.63) is 35.4 Å². The fourth-order valence-electron chi connectivity index (χ4n) is 4.49. The predicted molar refractivity (Wildman–Crippen MR) is 95.6 cm³/mol. The summed E-state index contributed by atoms with van der Waals surface area (Å²) in [4.78, 5) is 17.5. The Hall–Kier alpha value is -1.39. The zero-order valence-corrected chi connectivity index (χ0v) is 14.9. The monoisotopic (exact) mass is 328 g/mol. The fraction of sp³-hybridized carbons (Fsp3) is 0.650. The van der Waals surface area contributed by atoms with Crippen molar-refractivity contribution in [1.29, 1.82) is 0 Å². The van der Waals surface area contributed by atoms with Crippen molar-refractivity contribution in [2.45, 2.75) is 38.3 Å². The summed E-state index contributed by atoms with van der Waals surface area (Å²) in [5.74, 6) is 0.352. The molecule has 1 unspecified atom stereocenters. The van der Waals surface area contributed by atoms with E-state index in [2.05, 4.69) is 41.1 Å². The highest BCUT2D eigenvalue weighted by molar-refractivity contribution is 5.77. The number of quaternary nitrogens is 1. The molecule has 0 N–H and O–H groups in total. The highest BCUT2D eigenvalue weighted by Gasteiger charge is 2.34. The lowest BCUT2D eigenvalue weighted by Gasteiger charge is -2.44. The second kappa shape index (κ2) is 6.49. The van der Waals surface area contributed by atoms with Crippen molar-refractivity contribution in [3.63, 3.8) is 0 Å². The van der Waals surface area contributed by atoms with E-state index >= 15 is 0 Å². The summed E-state index contributed by atoms with van der Waals surface area (Å²) < 4.78 is 0.860. The third-order valence-corrected chi connectivity index (χ3v) is 6.37. The highest BCUT2D eigenvalue weighted by atomic mass is 16.2. The highest BCUT2D eigenvalue weighted by Crippen LogP contribution is 2.26. The summed E-state index contributed by atoms with van der Waals surface area (Å²) in [6.45, 7) is 6.70. The molecule has 2 aliphatic heterocycles. The second-order valence-electron chi connectivity index (χ2n) is 8.18. The van der Waals surface area contributed by atoms with Crippen LogP contribution in [0.5, 0.6) is 0 Å². The standard InChI is InChI=1S/C20H30N3O/c1-23(14-9-17-5-2-3-6-18(17)15-23)16-20(24)22-12-10-21(11-13-22)19-7-4-8-19/h2-3,5-6,19H,4,7-16H2,1H3/q+1. The lowest BCUT2D eigenvalue weighted by molar-refractivity contribution is -0.917. The van der Waals surface area contributed by atoms with Gasteiger partial charge in [-0.3, -0.25) is 9.69 Å². The van der Waals surface area contributed by atoms with Crippen LogP contribution < -0.4 is 0 Å². The molecule has 130 valence electrons. The molecule has 24 heavy (non-hydrogen) atoms. The van der Waals surface area contributed by atoms with Gasteiger partial charge in [0, 0.05) is 44.2 Å². The first kappa shape index (κ1) is 16.1. The van der Waals surface area contributed by atoms with E-state index in [1.165, 1.54) is 30.4 Å². The first-order chi connectivity index (χ1) is 11.6. The van der Waals surface area contributed by atoms with Crippen LogP contribution in [0.15, 0.2) is 24.3 Å². The number of carbonyl (C=O) groups excluding carboxylic acids is 1. The van der Waals surface area contributed by atoms with Gasteiger partial charge in [0.05, 0.1) is 13.6 Å². The van der Waals surface area contributed by atoms with Crippen LogP contribution in [0.2, 0.25) is 0 Å². The maximum Gasteiger partial charge on any atom is 0.277 e. The number of carbonyl (C=O) groups is 1. The number of hydrogen-bond donors (Lipinski definition) is 0. The van der Waals surface area contributed by atoms with E-state index in [-0.39, 0.29) is 0 Å². The Labute approximate surface area is 145 Å². The number of benzene rings is 1. The molecule has 4 nitrogen and oxygen atoms in total. The van der Waals surface area contributed by atoms with E-state index in [4.69, 9.17) is 0 Å². The molecule has 3 aliphatic rings. The van der Waals surface area contributed by atoms with Gasteiger partial charge in [0.1, 0.15) is 6.54 Å². The average molecular weight is 328 g/mol. The summed E-state index contributed by atoms with van der Waals surface area (Å²) in [5.41, 5.74) is 2.89. The van der Waals surface area contributed by atoms with Crippen LogP contribution in [0, 0.1) is 0 Å². The molecule has 4 rings (SSSR count). The number of nitrogens with zero attached hydrogens (tertiary/aromatic N) is 3. The van der Waals surface area contributed by atoms with Gasteiger partial charge in [0.2, 0.25) is 0 Å². The topological polar surface area (TPSA) is 23.6 Å². The number of amides is 1. The van der Waals surface area contributed by atoms with Gasteiger partial charge in [-0.1, -0.05) is 30.7 Å². The van der Waals surface area contributed by atoms with Crippen molar-refractivity contribution < 1.29 is 9.28 Å². The largest absolute Gasteiger partial charge is 0.335 e. The molecule has 1 saturated carbocycles. The molecule has 2 heterocycles. The first-order valence-electron chi connectivity index (χ1n) is 9.55. The Bertz CT molecular complexity index is 605. The number of piperazine rings is 1. The predicted octanol–water partition coefficient (Wildman–Crippen LogP) is 1.89. The molecule has 4 heteroatoms. The van der Waals surface area contributed by atoms with Crippen LogP contribution in [0.3, 0.4) is 0 Å². The van der Waals surface area contributed by atoms with E-state index in [1.807, 2.05) is 0 Å². The van der Waals surface area contributed by atoms with E-state index in [9.17, 15) is 4.79 Å². The molecule has 1 aliphatic carbocycles. The Kier molecular flexibility index (Phi) is 4.35. The van der Waals surface area contributed by atoms with Gasteiger partial charge in [0.15, 0.2) is 6.54 Å². The van der Waals surface area contributed by atoms with Crippen molar-refractivity contribution in [3.8, 4) is 0 Å². The van der Waals surface area contributed by atoms with Gasteiger partial charge in [-0.15, -0.1) is 0 Å². The van der Waals surface area contributed by atoms with Gasteiger partial charge in [-0.05, 0) is 18.4 Å². The summed E-state index contributed by atoms with van der Waals surface area (Å²) in [7, 11) is 2.25. The Balaban J connectivity index is 1.33. The van der Waals surface area contributed by atoms with Crippen LogP contribution in [0.25, 0.3) is 0 Å². The molecule has 0 spiro atoms. The lowest BCUT2D eigenvalue weighted by Crippen LogP contribution is -2.58. The molecular weight excluding hydrogens is 298 g/mol. The number of hydrogen-bond acceptors (Lipinski definition) is 2. The molecule has 0 radical (unpaired) electrons. The Morgan fingerprint density at radius 2 is 1.83 bits per heavy atom. The lowest BCUT2D eigenvalue weighted by atomic mass is 9.91. The van der Waals surface area contributed by atoms with Crippen molar-refractivity contribution in [1.82, 2.24) is 9.80 Å². The number of fused-ring (bicyclic) bond motifs is 1. The van der Waals surface area contributed by atoms with Gasteiger partial charge < -0.3 is 9.38 Å². The molecule has 1 aromatic carbocycles. The van der Waals surface area contributed by atoms with Crippen LogP contribution in [-0.4, -0.2) is 72.5 Å². The van der Waals surface area contributed by atoms with Gasteiger partial charge in [0.25, 0.3) is 5.91 Å². The van der Waals surface area contributed by atoms with E-state index in [0.29, 0.717) is 12.5 Å². The van der Waals surface area contributed by atoms with Crippen molar-refractivity contribution >= 4 is 5.91 Å². The fourth-order valence-corrected chi connectivity index (χ4v) is 4.49. The molecule has 2 fully saturated rings. The van der Waals surface area contributed by atoms with Crippen molar-refractivity contribution in [2.24, 2.45) is 0 Å². The molecule has 0 bridgehead atoms. The Morgan fingerprint density at radius 1 is 1.12 bits per heavy atom. The first-order valence-corrected chi connectivity index (χ1v) is 9.55. The minimum absolute atomic E-state index is 0.352. The molecule has 1 amide bonds. The normalized spacial score (nSPS) is 28.3. The molecule has 1 saturated heterocycles. The van der Waals surface area contributed by atoms with Crippen LogP contribution >= 0.6 is 0 Å². The third-order valence-electron chi connectivity index (χ3n) is 6.37. The third kappa shape index (κ3) is 3.22. The summed E-state index contributed by atoms with van der Waals surface area (Å²) in [6.07, 6.45) is 5.21. The number of likely N-dealkylation sites (N-methyl/N-ethyl adjacent to an activating group) is 1. The zero-order chi connectivity index (χ0) is 16.6. The van der Waals surface area contributed by atoms with Gasteiger partial charge >= 0.3 is 0 Å². The SMILES string of the molecule is C[N+]1(CC(=O)N2CCN(C3CCC3)CC2)CCc2ccccc2C1. The summed E-state index contributed by atoms with van der Waals surface area (Å²) >= 11 is 0. The molecule has 1 aromatic rings. The van der Waals surface area contributed by atoms with E-state index in [0.717, 1.165) is 56.2 Å². The number of rotatable bonds is 3. The molecule has 0 aromatic heterocycles.